The number of carbonyl (C=O) groups excluding carboxylic acids is 1. The zero-order valence-corrected chi connectivity index (χ0v) is 13.5. The fourth-order valence-electron chi connectivity index (χ4n) is 1.82. The molecule has 1 N–H and O–H groups in total. The topological polar surface area (TPSA) is 38.3 Å². The number of halogens is 1. The van der Waals surface area contributed by atoms with Crippen LogP contribution in [0.25, 0.3) is 0 Å². The number of benzene rings is 1. The molecule has 1 aromatic rings. The van der Waals surface area contributed by atoms with Crippen molar-refractivity contribution in [3.8, 4) is 5.75 Å². The number of amides is 1. The quantitative estimate of drug-likeness (QED) is 0.776. The van der Waals surface area contributed by atoms with Gasteiger partial charge in [-0.25, -0.2) is 0 Å². The van der Waals surface area contributed by atoms with Crippen LogP contribution in [-0.2, 0) is 4.79 Å². The maximum atomic E-state index is 11.5. The zero-order chi connectivity index (χ0) is 15.1. The van der Waals surface area contributed by atoms with Gasteiger partial charge in [0.2, 0.25) is 5.91 Å². The summed E-state index contributed by atoms with van der Waals surface area (Å²) in [5.74, 6) is 1.38. The molecule has 0 aliphatic heterocycles. The van der Waals surface area contributed by atoms with E-state index in [2.05, 4.69) is 19.2 Å². The van der Waals surface area contributed by atoms with E-state index in [9.17, 15) is 4.79 Å². The van der Waals surface area contributed by atoms with Gasteiger partial charge in [0.05, 0.1) is 6.61 Å². The van der Waals surface area contributed by atoms with E-state index in [0.29, 0.717) is 25.4 Å². The van der Waals surface area contributed by atoms with Gasteiger partial charge in [0.25, 0.3) is 0 Å². The van der Waals surface area contributed by atoms with Crippen LogP contribution in [0.2, 0.25) is 5.02 Å². The van der Waals surface area contributed by atoms with E-state index in [4.69, 9.17) is 16.3 Å². The van der Waals surface area contributed by atoms with Crippen LogP contribution in [-0.4, -0.2) is 19.1 Å². The molecule has 1 rings (SSSR count). The number of hydrogen-bond donors (Lipinski definition) is 1. The largest absolute Gasteiger partial charge is 0.494 e. The van der Waals surface area contributed by atoms with Crippen molar-refractivity contribution in [1.82, 2.24) is 5.32 Å². The van der Waals surface area contributed by atoms with Crippen molar-refractivity contribution in [2.75, 3.05) is 13.2 Å². The molecule has 0 aliphatic rings. The Morgan fingerprint density at radius 2 is 1.90 bits per heavy atom. The zero-order valence-electron chi connectivity index (χ0n) is 12.8. The second-order valence-electron chi connectivity index (χ2n) is 5.52. The van der Waals surface area contributed by atoms with Crippen LogP contribution < -0.4 is 10.1 Å². The summed E-state index contributed by atoms with van der Waals surface area (Å²) in [6.45, 7) is 9.34. The normalized spacial score (nSPS) is 10.7. The van der Waals surface area contributed by atoms with Crippen LogP contribution in [0.1, 0.15) is 37.8 Å². The van der Waals surface area contributed by atoms with E-state index < -0.39 is 0 Å². The van der Waals surface area contributed by atoms with Crippen molar-refractivity contribution in [3.05, 3.63) is 28.3 Å². The molecule has 0 saturated carbocycles. The van der Waals surface area contributed by atoms with Crippen molar-refractivity contribution in [2.45, 2.75) is 40.5 Å². The lowest BCUT2D eigenvalue weighted by Gasteiger charge is -2.10. The lowest BCUT2D eigenvalue weighted by atomic mass is 10.1. The Kier molecular flexibility index (Phi) is 6.86. The summed E-state index contributed by atoms with van der Waals surface area (Å²) >= 11 is 6.10. The molecule has 20 heavy (non-hydrogen) atoms. The van der Waals surface area contributed by atoms with Gasteiger partial charge in [-0.05, 0) is 49.4 Å². The fraction of sp³-hybridized carbons (Fsp3) is 0.562. The Morgan fingerprint density at radius 3 is 2.45 bits per heavy atom. The van der Waals surface area contributed by atoms with E-state index in [1.54, 1.807) is 0 Å². The van der Waals surface area contributed by atoms with E-state index in [0.717, 1.165) is 28.4 Å². The molecule has 0 fully saturated rings. The van der Waals surface area contributed by atoms with E-state index in [1.807, 2.05) is 26.0 Å². The molecule has 4 heteroatoms. The number of nitrogens with one attached hydrogen (secondary N) is 1. The minimum Gasteiger partial charge on any atom is -0.494 e. The average molecular weight is 298 g/mol. The van der Waals surface area contributed by atoms with Crippen molar-refractivity contribution in [2.24, 2.45) is 5.92 Å². The molecule has 0 saturated heterocycles. The van der Waals surface area contributed by atoms with Crippen LogP contribution in [0.15, 0.2) is 12.1 Å². The predicted molar refractivity (Wildman–Crippen MR) is 83.5 cm³/mol. The third kappa shape index (κ3) is 5.83. The van der Waals surface area contributed by atoms with Gasteiger partial charge in [-0.3, -0.25) is 4.79 Å². The average Bonchev–Trinajstić information content (AvgIpc) is 2.38. The summed E-state index contributed by atoms with van der Waals surface area (Å²) in [6.07, 6.45) is 1.21. The first-order chi connectivity index (χ1) is 9.40. The Balaban J connectivity index is 2.29. The van der Waals surface area contributed by atoms with Gasteiger partial charge < -0.3 is 10.1 Å². The summed E-state index contributed by atoms with van der Waals surface area (Å²) in [5.41, 5.74) is 2.02. The minimum atomic E-state index is 0.0887. The van der Waals surface area contributed by atoms with Crippen LogP contribution >= 0.6 is 11.6 Å². The van der Waals surface area contributed by atoms with E-state index >= 15 is 0 Å². The standard InChI is InChI=1S/C16H24ClNO2/c1-11(2)10-18-15(19)6-5-7-20-14-8-12(3)16(17)13(4)9-14/h8-9,11H,5-7,10H2,1-4H3,(H,18,19). The monoisotopic (exact) mass is 297 g/mol. The molecule has 0 bridgehead atoms. The van der Waals surface area contributed by atoms with Gasteiger partial charge in [0, 0.05) is 18.0 Å². The summed E-state index contributed by atoms with van der Waals surface area (Å²) in [6, 6.07) is 3.85. The first kappa shape index (κ1) is 16.8. The van der Waals surface area contributed by atoms with Crippen molar-refractivity contribution >= 4 is 17.5 Å². The summed E-state index contributed by atoms with van der Waals surface area (Å²) in [5, 5.41) is 3.68. The van der Waals surface area contributed by atoms with Gasteiger partial charge in [0.1, 0.15) is 5.75 Å². The van der Waals surface area contributed by atoms with Crippen molar-refractivity contribution < 1.29 is 9.53 Å². The van der Waals surface area contributed by atoms with Gasteiger partial charge in [-0.15, -0.1) is 0 Å². The second kappa shape index (κ2) is 8.15. The highest BCUT2D eigenvalue weighted by Gasteiger charge is 2.05. The van der Waals surface area contributed by atoms with Crippen LogP contribution in [0, 0.1) is 19.8 Å². The van der Waals surface area contributed by atoms with Crippen LogP contribution in [0.4, 0.5) is 0 Å². The van der Waals surface area contributed by atoms with Gasteiger partial charge >= 0.3 is 0 Å². The minimum absolute atomic E-state index is 0.0887. The highest BCUT2D eigenvalue weighted by Crippen LogP contribution is 2.25. The molecule has 0 aliphatic carbocycles. The molecule has 0 heterocycles. The van der Waals surface area contributed by atoms with Gasteiger partial charge in [-0.1, -0.05) is 25.4 Å². The third-order valence-electron chi connectivity index (χ3n) is 2.93. The molecule has 0 atom stereocenters. The summed E-state index contributed by atoms with van der Waals surface area (Å²) in [7, 11) is 0. The Labute approximate surface area is 126 Å². The van der Waals surface area contributed by atoms with E-state index in [-0.39, 0.29) is 5.91 Å². The molecule has 1 aromatic carbocycles. The smallest absolute Gasteiger partial charge is 0.220 e. The summed E-state index contributed by atoms with van der Waals surface area (Å²) in [4.78, 5) is 11.5. The first-order valence-corrected chi connectivity index (χ1v) is 7.44. The van der Waals surface area contributed by atoms with Crippen LogP contribution in [0.5, 0.6) is 5.75 Å². The number of ether oxygens (including phenoxy) is 1. The van der Waals surface area contributed by atoms with E-state index in [1.165, 1.54) is 0 Å². The van der Waals surface area contributed by atoms with Gasteiger partial charge in [-0.2, -0.15) is 0 Å². The predicted octanol–water partition coefficient (Wildman–Crippen LogP) is 3.89. The Hall–Kier alpha value is -1.22. The molecule has 3 nitrogen and oxygen atoms in total. The molecule has 0 unspecified atom stereocenters. The molecular weight excluding hydrogens is 274 g/mol. The maximum Gasteiger partial charge on any atom is 0.220 e. The highest BCUT2D eigenvalue weighted by molar-refractivity contribution is 6.32. The highest BCUT2D eigenvalue weighted by atomic mass is 35.5. The Bertz CT molecular complexity index is 435. The molecule has 0 radical (unpaired) electrons. The molecule has 1 amide bonds. The summed E-state index contributed by atoms with van der Waals surface area (Å²) < 4.78 is 5.66. The maximum absolute atomic E-state index is 11.5. The number of aryl methyl sites for hydroxylation is 2. The van der Waals surface area contributed by atoms with Crippen molar-refractivity contribution in [1.29, 1.82) is 0 Å². The molecular formula is C16H24ClNO2. The van der Waals surface area contributed by atoms with Gasteiger partial charge in [0.15, 0.2) is 0 Å². The Morgan fingerprint density at radius 1 is 1.30 bits per heavy atom. The first-order valence-electron chi connectivity index (χ1n) is 7.06. The number of hydrogen-bond acceptors (Lipinski definition) is 2. The van der Waals surface area contributed by atoms with Crippen molar-refractivity contribution in [3.63, 3.8) is 0 Å². The fourth-order valence-corrected chi connectivity index (χ4v) is 1.93. The number of carbonyl (C=O) groups is 1. The number of rotatable bonds is 7. The molecule has 112 valence electrons. The lowest BCUT2D eigenvalue weighted by molar-refractivity contribution is -0.121. The molecule has 0 aromatic heterocycles. The SMILES string of the molecule is Cc1cc(OCCCC(=O)NCC(C)C)cc(C)c1Cl. The molecule has 0 spiro atoms. The second-order valence-corrected chi connectivity index (χ2v) is 5.90. The van der Waals surface area contributed by atoms with Crippen LogP contribution in [0.3, 0.4) is 0 Å². The third-order valence-corrected chi connectivity index (χ3v) is 3.53. The lowest BCUT2D eigenvalue weighted by Crippen LogP contribution is -2.27.